The molecule has 104 valence electrons. The van der Waals surface area contributed by atoms with E-state index in [-0.39, 0.29) is 12.1 Å². The number of urea groups is 1. The van der Waals surface area contributed by atoms with E-state index in [0.717, 1.165) is 19.3 Å². The zero-order chi connectivity index (χ0) is 13.9. The van der Waals surface area contributed by atoms with Crippen LogP contribution in [0.2, 0.25) is 0 Å². The Bertz CT molecular complexity index is 319. The van der Waals surface area contributed by atoms with Gasteiger partial charge in [-0.25, -0.2) is 9.59 Å². The van der Waals surface area contributed by atoms with Crippen molar-refractivity contribution in [2.24, 2.45) is 0 Å². The molecule has 18 heavy (non-hydrogen) atoms. The lowest BCUT2D eigenvalue weighted by atomic mass is 10.1. The van der Waals surface area contributed by atoms with E-state index in [4.69, 9.17) is 5.11 Å². The van der Waals surface area contributed by atoms with Crippen molar-refractivity contribution in [1.82, 2.24) is 10.2 Å². The molecule has 1 rings (SSSR count). The van der Waals surface area contributed by atoms with Crippen LogP contribution in [0.3, 0.4) is 0 Å². The molecule has 1 aliphatic heterocycles. The number of aliphatic hydroxyl groups is 1. The van der Waals surface area contributed by atoms with Crippen molar-refractivity contribution in [1.29, 1.82) is 0 Å². The summed E-state index contributed by atoms with van der Waals surface area (Å²) in [7, 11) is 0. The summed E-state index contributed by atoms with van der Waals surface area (Å²) in [5.41, 5.74) is 0. The molecule has 0 aromatic rings. The van der Waals surface area contributed by atoms with Gasteiger partial charge >= 0.3 is 12.0 Å². The number of carbonyl (C=O) groups is 2. The number of hydrogen-bond donors (Lipinski definition) is 3. The molecule has 4 atom stereocenters. The topological polar surface area (TPSA) is 89.9 Å². The zero-order valence-electron chi connectivity index (χ0n) is 11.1. The first-order chi connectivity index (χ1) is 8.38. The average Bonchev–Trinajstić information content (AvgIpc) is 2.66. The molecule has 1 saturated heterocycles. The second-order valence-electron chi connectivity index (χ2n) is 4.90. The van der Waals surface area contributed by atoms with Crippen LogP contribution in [0, 0.1) is 0 Å². The lowest BCUT2D eigenvalue weighted by molar-refractivity contribution is -0.141. The first-order valence-electron chi connectivity index (χ1n) is 6.38. The average molecular weight is 258 g/mol. The number of aliphatic carboxylic acids is 1. The van der Waals surface area contributed by atoms with E-state index in [9.17, 15) is 14.7 Å². The number of rotatable bonds is 4. The molecule has 1 heterocycles. The summed E-state index contributed by atoms with van der Waals surface area (Å²) in [5.74, 6) is -1.22. The monoisotopic (exact) mass is 258 g/mol. The van der Waals surface area contributed by atoms with Gasteiger partial charge < -0.3 is 20.4 Å². The number of nitrogens with zero attached hydrogens (tertiary/aromatic N) is 1. The van der Waals surface area contributed by atoms with Gasteiger partial charge in [0, 0.05) is 12.1 Å². The van der Waals surface area contributed by atoms with Crippen LogP contribution in [0.15, 0.2) is 0 Å². The van der Waals surface area contributed by atoms with Crippen molar-refractivity contribution in [3.8, 4) is 0 Å². The molecule has 6 nitrogen and oxygen atoms in total. The molecule has 1 aliphatic rings. The van der Waals surface area contributed by atoms with Crippen LogP contribution < -0.4 is 5.32 Å². The summed E-state index contributed by atoms with van der Waals surface area (Å²) in [4.78, 5) is 24.7. The molecule has 0 radical (unpaired) electrons. The summed E-state index contributed by atoms with van der Waals surface area (Å²) in [6.07, 6.45) is 1.60. The minimum atomic E-state index is -1.26. The Morgan fingerprint density at radius 1 is 1.44 bits per heavy atom. The third kappa shape index (κ3) is 3.13. The summed E-state index contributed by atoms with van der Waals surface area (Å²) >= 11 is 0. The third-order valence-electron chi connectivity index (χ3n) is 3.52. The molecular weight excluding hydrogens is 236 g/mol. The highest BCUT2D eigenvalue weighted by Crippen LogP contribution is 2.25. The van der Waals surface area contributed by atoms with Gasteiger partial charge in [0.25, 0.3) is 0 Å². The molecule has 2 amide bonds. The summed E-state index contributed by atoms with van der Waals surface area (Å²) in [6.45, 7) is 5.31. The van der Waals surface area contributed by atoms with E-state index in [0.29, 0.717) is 0 Å². The van der Waals surface area contributed by atoms with Crippen molar-refractivity contribution in [2.45, 2.75) is 64.3 Å². The standard InChI is InChI=1S/C12H22N2O4/c1-4-9-6-5-7(2)14(9)12(18)13-10(8(3)15)11(16)17/h7-10,15H,4-6H2,1-3H3,(H,13,18)(H,16,17)/t7?,8-,9?,10+/m1/s1. The van der Waals surface area contributed by atoms with Crippen molar-refractivity contribution in [3.63, 3.8) is 0 Å². The normalized spacial score (nSPS) is 26.8. The Kier molecular flexibility index (Phi) is 4.95. The number of aliphatic hydroxyl groups excluding tert-OH is 1. The van der Waals surface area contributed by atoms with E-state index >= 15 is 0 Å². The molecule has 0 aliphatic carbocycles. The first-order valence-corrected chi connectivity index (χ1v) is 6.38. The number of carboxylic acids is 1. The van der Waals surface area contributed by atoms with Gasteiger partial charge in [-0.1, -0.05) is 6.92 Å². The fraction of sp³-hybridized carbons (Fsp3) is 0.833. The van der Waals surface area contributed by atoms with Gasteiger partial charge in [0.1, 0.15) is 0 Å². The highest BCUT2D eigenvalue weighted by molar-refractivity contribution is 5.83. The highest BCUT2D eigenvalue weighted by atomic mass is 16.4. The molecule has 0 spiro atoms. The molecule has 0 aromatic carbocycles. The van der Waals surface area contributed by atoms with E-state index in [1.807, 2.05) is 13.8 Å². The fourth-order valence-electron chi connectivity index (χ4n) is 2.43. The van der Waals surface area contributed by atoms with Crippen LogP contribution in [-0.2, 0) is 4.79 Å². The minimum Gasteiger partial charge on any atom is -0.480 e. The lowest BCUT2D eigenvalue weighted by Gasteiger charge is -2.30. The predicted molar refractivity (Wildman–Crippen MR) is 66.3 cm³/mol. The van der Waals surface area contributed by atoms with Gasteiger partial charge in [-0.15, -0.1) is 0 Å². The second kappa shape index (κ2) is 6.04. The van der Waals surface area contributed by atoms with Crippen LogP contribution >= 0.6 is 0 Å². The number of hydrogen-bond acceptors (Lipinski definition) is 3. The van der Waals surface area contributed by atoms with Gasteiger partial charge in [-0.05, 0) is 33.1 Å². The molecule has 6 heteroatoms. The highest BCUT2D eigenvalue weighted by Gasteiger charge is 2.35. The first kappa shape index (κ1) is 14.8. The molecule has 2 unspecified atom stereocenters. The van der Waals surface area contributed by atoms with Crippen molar-refractivity contribution in [2.75, 3.05) is 0 Å². The maximum absolute atomic E-state index is 12.1. The Morgan fingerprint density at radius 2 is 2.06 bits per heavy atom. The molecule has 0 aromatic heterocycles. The van der Waals surface area contributed by atoms with E-state index < -0.39 is 24.1 Å². The van der Waals surface area contributed by atoms with Crippen molar-refractivity contribution >= 4 is 12.0 Å². The molecule has 1 fully saturated rings. The van der Waals surface area contributed by atoms with Gasteiger partial charge in [0.15, 0.2) is 6.04 Å². The molecule has 0 saturated carbocycles. The van der Waals surface area contributed by atoms with Crippen LogP contribution in [0.4, 0.5) is 4.79 Å². The second-order valence-corrected chi connectivity index (χ2v) is 4.90. The van der Waals surface area contributed by atoms with Gasteiger partial charge in [-0.2, -0.15) is 0 Å². The number of carboxylic acid groups (broad SMARTS) is 1. The quantitative estimate of drug-likeness (QED) is 0.695. The van der Waals surface area contributed by atoms with Crippen LogP contribution in [-0.4, -0.2) is 51.3 Å². The summed E-state index contributed by atoms with van der Waals surface area (Å²) in [5, 5.41) is 20.7. The molecule has 3 N–H and O–H groups in total. The Morgan fingerprint density at radius 3 is 2.50 bits per heavy atom. The van der Waals surface area contributed by atoms with E-state index in [2.05, 4.69) is 5.32 Å². The largest absolute Gasteiger partial charge is 0.480 e. The van der Waals surface area contributed by atoms with Crippen LogP contribution in [0.25, 0.3) is 0 Å². The zero-order valence-corrected chi connectivity index (χ0v) is 11.1. The van der Waals surface area contributed by atoms with Gasteiger partial charge in [0.2, 0.25) is 0 Å². The van der Waals surface area contributed by atoms with Gasteiger partial charge in [0.05, 0.1) is 6.10 Å². The number of nitrogens with one attached hydrogen (secondary N) is 1. The Hall–Kier alpha value is -1.30. The molecular formula is C12H22N2O4. The fourth-order valence-corrected chi connectivity index (χ4v) is 2.43. The Balaban J connectivity index is 2.71. The van der Waals surface area contributed by atoms with Crippen LogP contribution in [0.5, 0.6) is 0 Å². The maximum Gasteiger partial charge on any atom is 0.328 e. The number of carbonyl (C=O) groups excluding carboxylic acids is 1. The summed E-state index contributed by atoms with van der Waals surface area (Å²) in [6, 6.07) is -1.40. The number of likely N-dealkylation sites (tertiary alicyclic amines) is 1. The predicted octanol–water partition coefficient (Wildman–Crippen LogP) is 0.793. The maximum atomic E-state index is 12.1. The third-order valence-corrected chi connectivity index (χ3v) is 3.52. The molecule has 0 bridgehead atoms. The Labute approximate surface area is 107 Å². The van der Waals surface area contributed by atoms with Crippen LogP contribution in [0.1, 0.15) is 40.0 Å². The lowest BCUT2D eigenvalue weighted by Crippen LogP contribution is -2.54. The van der Waals surface area contributed by atoms with Gasteiger partial charge in [-0.3, -0.25) is 0 Å². The van der Waals surface area contributed by atoms with Crippen molar-refractivity contribution in [3.05, 3.63) is 0 Å². The van der Waals surface area contributed by atoms with E-state index in [1.165, 1.54) is 6.92 Å². The summed E-state index contributed by atoms with van der Waals surface area (Å²) < 4.78 is 0. The van der Waals surface area contributed by atoms with E-state index in [1.54, 1.807) is 4.90 Å². The smallest absolute Gasteiger partial charge is 0.328 e. The SMILES string of the molecule is CCC1CCC(C)N1C(=O)N[C@H](C(=O)O)[C@@H](C)O. The minimum absolute atomic E-state index is 0.110. The number of amides is 2. The van der Waals surface area contributed by atoms with Crippen molar-refractivity contribution < 1.29 is 19.8 Å².